The van der Waals surface area contributed by atoms with E-state index in [4.69, 9.17) is 5.73 Å². The van der Waals surface area contributed by atoms with Crippen LogP contribution in [0, 0.1) is 6.92 Å². The Bertz CT molecular complexity index is 1000. The van der Waals surface area contributed by atoms with Crippen LogP contribution >= 0.6 is 27.7 Å². The molecule has 1 atom stereocenters. The van der Waals surface area contributed by atoms with Crippen LogP contribution in [0.2, 0.25) is 0 Å². The molecule has 0 aliphatic rings. The van der Waals surface area contributed by atoms with Crippen LogP contribution in [-0.2, 0) is 4.79 Å². The lowest BCUT2D eigenvalue weighted by Gasteiger charge is -2.13. The van der Waals surface area contributed by atoms with Crippen molar-refractivity contribution in [1.29, 1.82) is 0 Å². The highest BCUT2D eigenvalue weighted by molar-refractivity contribution is 9.10. The first kappa shape index (κ1) is 21.1. The molecule has 2 aromatic carbocycles. The first-order valence-corrected chi connectivity index (χ1v) is 10.8. The minimum absolute atomic E-state index is 0.101. The van der Waals surface area contributed by atoms with E-state index in [0.717, 1.165) is 21.4 Å². The van der Waals surface area contributed by atoms with Crippen LogP contribution in [0.1, 0.15) is 23.6 Å². The van der Waals surface area contributed by atoms with Gasteiger partial charge in [-0.3, -0.25) is 4.79 Å². The summed E-state index contributed by atoms with van der Waals surface area (Å²) in [6.07, 6.45) is 0. The molecule has 0 aliphatic carbocycles. The van der Waals surface area contributed by atoms with Crippen LogP contribution in [0.3, 0.4) is 0 Å². The number of benzene rings is 2. The molecule has 0 saturated carbocycles. The first-order valence-electron chi connectivity index (χ1n) is 8.92. The van der Waals surface area contributed by atoms with Crippen molar-refractivity contribution >= 4 is 56.9 Å². The summed E-state index contributed by atoms with van der Waals surface area (Å²) in [4.78, 5) is 25.1. The highest BCUT2D eigenvalue weighted by Gasteiger charge is 2.15. The molecule has 0 radical (unpaired) electrons. The molecule has 3 aromatic rings. The molecule has 9 heteroatoms. The Morgan fingerprint density at radius 1 is 1.17 bits per heavy atom. The lowest BCUT2D eigenvalue weighted by Crippen LogP contribution is -2.16. The number of hydrogen-bond acceptors (Lipinski definition) is 7. The van der Waals surface area contributed by atoms with Gasteiger partial charge in [0.1, 0.15) is 5.82 Å². The lowest BCUT2D eigenvalue weighted by molar-refractivity contribution is -0.113. The number of halogens is 1. The molecule has 0 saturated heterocycles. The van der Waals surface area contributed by atoms with E-state index in [2.05, 4.69) is 41.5 Å². The summed E-state index contributed by atoms with van der Waals surface area (Å²) in [6, 6.07) is 15.4. The number of amides is 1. The number of nitrogen functional groups attached to an aromatic ring is 1. The number of rotatable bonds is 7. The number of nitrogens with two attached hydrogens (primary N) is 1. The van der Waals surface area contributed by atoms with E-state index in [-0.39, 0.29) is 22.9 Å². The molecule has 1 unspecified atom stereocenters. The standard InChI is InChI=1S/C20H21BrN6OS/c1-12-8-9-16(15(21)10-12)24-17(28)11-29-13(2)18-25-19(22)27-20(26-18)23-14-6-4-3-5-7-14/h3-10,13H,11H2,1-2H3,(H,24,28)(H3,22,23,25,26,27). The Morgan fingerprint density at radius 2 is 1.93 bits per heavy atom. The Kier molecular flexibility index (Phi) is 7.05. The largest absolute Gasteiger partial charge is 0.368 e. The summed E-state index contributed by atoms with van der Waals surface area (Å²) in [5.74, 6) is 1.18. The number of thioether (sulfide) groups is 1. The molecule has 1 heterocycles. The predicted molar refractivity (Wildman–Crippen MR) is 122 cm³/mol. The molecule has 0 fully saturated rings. The number of nitrogens with one attached hydrogen (secondary N) is 2. The van der Waals surface area contributed by atoms with Crippen molar-refractivity contribution in [2.24, 2.45) is 0 Å². The monoisotopic (exact) mass is 472 g/mol. The van der Waals surface area contributed by atoms with Crippen molar-refractivity contribution in [3.05, 3.63) is 64.4 Å². The van der Waals surface area contributed by atoms with Gasteiger partial charge < -0.3 is 16.4 Å². The fourth-order valence-electron chi connectivity index (χ4n) is 2.48. The Labute approximate surface area is 182 Å². The minimum atomic E-state index is -0.135. The number of nitrogens with zero attached hydrogens (tertiary/aromatic N) is 3. The first-order chi connectivity index (χ1) is 13.9. The average Bonchev–Trinajstić information content (AvgIpc) is 2.68. The quantitative estimate of drug-likeness (QED) is 0.457. The number of anilines is 4. The van der Waals surface area contributed by atoms with E-state index in [0.29, 0.717) is 11.8 Å². The predicted octanol–water partition coefficient (Wildman–Crippen LogP) is 4.70. The van der Waals surface area contributed by atoms with Gasteiger partial charge in [0, 0.05) is 10.2 Å². The van der Waals surface area contributed by atoms with Crippen LogP contribution in [0.15, 0.2) is 53.0 Å². The van der Waals surface area contributed by atoms with E-state index in [1.807, 2.05) is 62.4 Å². The molecule has 0 aliphatic heterocycles. The van der Waals surface area contributed by atoms with E-state index in [1.54, 1.807) is 0 Å². The van der Waals surface area contributed by atoms with Gasteiger partial charge in [-0.2, -0.15) is 15.0 Å². The highest BCUT2D eigenvalue weighted by atomic mass is 79.9. The van der Waals surface area contributed by atoms with Crippen molar-refractivity contribution < 1.29 is 4.79 Å². The smallest absolute Gasteiger partial charge is 0.234 e. The number of aromatic nitrogens is 3. The molecule has 29 heavy (non-hydrogen) atoms. The highest BCUT2D eigenvalue weighted by Crippen LogP contribution is 2.28. The number of carbonyl (C=O) groups excluding carboxylic acids is 1. The van der Waals surface area contributed by atoms with Crippen molar-refractivity contribution in [3.8, 4) is 0 Å². The van der Waals surface area contributed by atoms with Crippen molar-refractivity contribution in [1.82, 2.24) is 15.0 Å². The van der Waals surface area contributed by atoms with E-state index in [9.17, 15) is 4.79 Å². The van der Waals surface area contributed by atoms with Crippen LogP contribution in [0.5, 0.6) is 0 Å². The summed E-state index contributed by atoms with van der Waals surface area (Å²) in [7, 11) is 0. The maximum absolute atomic E-state index is 12.3. The van der Waals surface area contributed by atoms with Gasteiger partial charge in [0.25, 0.3) is 0 Å². The number of aryl methyl sites for hydroxylation is 1. The lowest BCUT2D eigenvalue weighted by atomic mass is 10.2. The summed E-state index contributed by atoms with van der Waals surface area (Å²) in [5, 5.41) is 5.88. The molecule has 4 N–H and O–H groups in total. The number of hydrogen-bond donors (Lipinski definition) is 3. The Balaban J connectivity index is 1.61. The Hall–Kier alpha value is -2.65. The third-order valence-electron chi connectivity index (χ3n) is 3.93. The molecule has 0 spiro atoms. The fourth-order valence-corrected chi connectivity index (χ4v) is 3.80. The molecule has 1 amide bonds. The van der Waals surface area contributed by atoms with Crippen molar-refractivity contribution in [3.63, 3.8) is 0 Å². The van der Waals surface area contributed by atoms with Crippen LogP contribution in [-0.4, -0.2) is 26.6 Å². The number of carbonyl (C=O) groups is 1. The van der Waals surface area contributed by atoms with Crippen LogP contribution < -0.4 is 16.4 Å². The maximum atomic E-state index is 12.3. The van der Waals surface area contributed by atoms with Gasteiger partial charge >= 0.3 is 0 Å². The zero-order valence-corrected chi connectivity index (χ0v) is 18.4. The number of para-hydroxylation sites is 1. The Morgan fingerprint density at radius 3 is 2.66 bits per heavy atom. The van der Waals surface area contributed by atoms with Gasteiger partial charge in [0.2, 0.25) is 17.8 Å². The summed E-state index contributed by atoms with van der Waals surface area (Å²) < 4.78 is 0.853. The second kappa shape index (κ2) is 9.71. The van der Waals surface area contributed by atoms with E-state index >= 15 is 0 Å². The maximum Gasteiger partial charge on any atom is 0.234 e. The fraction of sp³-hybridized carbons (Fsp3) is 0.200. The van der Waals surface area contributed by atoms with Crippen molar-refractivity contribution in [2.75, 3.05) is 22.1 Å². The normalized spacial score (nSPS) is 11.7. The van der Waals surface area contributed by atoms with Crippen molar-refractivity contribution in [2.45, 2.75) is 19.1 Å². The molecule has 0 bridgehead atoms. The van der Waals surface area contributed by atoms with Gasteiger partial charge in [0.15, 0.2) is 0 Å². The third-order valence-corrected chi connectivity index (χ3v) is 5.72. The second-order valence-electron chi connectivity index (χ2n) is 6.35. The summed E-state index contributed by atoms with van der Waals surface area (Å²) in [6.45, 7) is 3.93. The molecule has 3 rings (SSSR count). The van der Waals surface area contributed by atoms with Crippen LogP contribution in [0.25, 0.3) is 0 Å². The third kappa shape index (κ3) is 6.16. The minimum Gasteiger partial charge on any atom is -0.368 e. The van der Waals surface area contributed by atoms with Gasteiger partial charge in [-0.1, -0.05) is 24.3 Å². The molecular formula is C20H21BrN6OS. The van der Waals surface area contributed by atoms with Gasteiger partial charge in [-0.15, -0.1) is 11.8 Å². The van der Waals surface area contributed by atoms with Gasteiger partial charge in [-0.05, 0) is 59.6 Å². The van der Waals surface area contributed by atoms with E-state index in [1.165, 1.54) is 11.8 Å². The molecular weight excluding hydrogens is 452 g/mol. The molecule has 1 aromatic heterocycles. The molecule has 150 valence electrons. The topological polar surface area (TPSA) is 106 Å². The second-order valence-corrected chi connectivity index (χ2v) is 8.53. The summed E-state index contributed by atoms with van der Waals surface area (Å²) in [5.41, 5.74) is 8.56. The van der Waals surface area contributed by atoms with Gasteiger partial charge in [0.05, 0.1) is 16.7 Å². The average molecular weight is 473 g/mol. The molecule has 7 nitrogen and oxygen atoms in total. The van der Waals surface area contributed by atoms with Gasteiger partial charge in [-0.25, -0.2) is 0 Å². The zero-order valence-electron chi connectivity index (χ0n) is 16.0. The summed E-state index contributed by atoms with van der Waals surface area (Å²) >= 11 is 4.89. The SMILES string of the molecule is Cc1ccc(NC(=O)CSC(C)c2nc(N)nc(Nc3ccccc3)n2)c(Br)c1. The van der Waals surface area contributed by atoms with Crippen LogP contribution in [0.4, 0.5) is 23.3 Å². The van der Waals surface area contributed by atoms with E-state index < -0.39 is 0 Å². The zero-order chi connectivity index (χ0) is 20.8.